The minimum absolute atomic E-state index is 0. The molecular weight excluding hydrogens is 206 g/mol. The molecule has 0 heterocycles. The van der Waals surface area contributed by atoms with Crippen molar-refractivity contribution in [2.45, 2.75) is 0 Å². The summed E-state index contributed by atoms with van der Waals surface area (Å²) in [7, 11) is 0. The second kappa shape index (κ2) is 27.7. The number of rotatable bonds is 0. The Morgan fingerprint density at radius 3 is 1.00 bits per heavy atom. The van der Waals surface area contributed by atoms with Crippen LogP contribution in [0.1, 0.15) is 0 Å². The molecule has 0 spiro atoms. The molecule has 0 amide bonds. The van der Waals surface area contributed by atoms with Gasteiger partial charge in [0.05, 0.1) is 0 Å². The van der Waals surface area contributed by atoms with E-state index in [1.807, 2.05) is 0 Å². The normalized spacial score (nSPS) is 0. The average Bonchev–Trinajstić information content (AvgIpc) is 0. The van der Waals surface area contributed by atoms with E-state index in [1.165, 1.54) is 0 Å². The molecule has 0 N–H and O–H groups in total. The van der Waals surface area contributed by atoms with Gasteiger partial charge >= 0.3 is 37.7 Å². The Hall–Kier alpha value is 3.05. The zero-order valence-electron chi connectivity index (χ0n) is 0.732. The van der Waals surface area contributed by atoms with Gasteiger partial charge in [-0.1, -0.05) is 0 Å². The van der Waals surface area contributed by atoms with Gasteiger partial charge in [-0.25, -0.2) is 0 Å². The fourth-order valence-corrected chi connectivity index (χ4v) is 0. The molecule has 0 aromatic rings. The standard InChI is InChI=1S/Al.Ca.Fe.Mn.H4Si.5H/h;;;;1H4;;;;;. The molecule has 1 radical (unpaired) electrons. The Kier molecular flexibility index (Phi) is 239. The molecule has 5 heteroatoms. The van der Waals surface area contributed by atoms with Crippen LogP contribution in [-0.2, 0) is 34.1 Å². The second-order valence-electron chi connectivity index (χ2n) is 0. The van der Waals surface area contributed by atoms with E-state index >= 15 is 0 Å². The first-order valence-corrected chi connectivity index (χ1v) is 0. The van der Waals surface area contributed by atoms with Crippen molar-refractivity contribution in [1.29, 1.82) is 0 Å². The Labute approximate surface area is 98.3 Å². The van der Waals surface area contributed by atoms with Crippen molar-refractivity contribution < 1.29 is 34.1 Å². The summed E-state index contributed by atoms with van der Waals surface area (Å²) in [6, 6.07) is 0. The van der Waals surface area contributed by atoms with E-state index in [4.69, 9.17) is 0 Å². The van der Waals surface area contributed by atoms with E-state index in [0.717, 1.165) is 0 Å². The zero-order valence-corrected chi connectivity index (χ0v) is 3.02. The van der Waals surface area contributed by atoms with Crippen molar-refractivity contribution in [1.82, 2.24) is 0 Å². The maximum atomic E-state index is 0. The molecule has 0 rings (SSSR count). The molecular formula is H9AlCaFeMnSi. The maximum absolute atomic E-state index is 0. The number of hydrogen-bond donors (Lipinski definition) is 0. The largest absolute Gasteiger partial charge is 0.0149 e. The van der Waals surface area contributed by atoms with E-state index < -0.39 is 0 Å². The fraction of sp³-hybridized carbons (Fsp3) is 0. The topological polar surface area (TPSA) is 0 Å². The van der Waals surface area contributed by atoms with Crippen LogP contribution in [0.15, 0.2) is 0 Å². The molecule has 0 saturated carbocycles. The van der Waals surface area contributed by atoms with Crippen LogP contribution in [0.4, 0.5) is 0 Å². The molecule has 0 saturated heterocycles. The summed E-state index contributed by atoms with van der Waals surface area (Å²) in [5.41, 5.74) is 0. The van der Waals surface area contributed by atoms with E-state index in [-0.39, 0.29) is 100 Å². The number of hydrogen-bond acceptors (Lipinski definition) is 0. The molecule has 33 valence electrons. The van der Waals surface area contributed by atoms with Gasteiger partial charge in [-0.15, -0.1) is 0 Å². The van der Waals surface area contributed by atoms with E-state index in [0.29, 0.717) is 0 Å². The minimum atomic E-state index is 0. The molecule has 0 aliphatic heterocycles. The van der Waals surface area contributed by atoms with Gasteiger partial charge in [0.15, 0.2) is 17.4 Å². The fourth-order valence-electron chi connectivity index (χ4n) is 0. The van der Waals surface area contributed by atoms with Crippen LogP contribution in [0.25, 0.3) is 0 Å². The molecule has 0 atom stereocenters. The summed E-state index contributed by atoms with van der Waals surface area (Å²) in [6.07, 6.45) is 0. The molecule has 0 fully saturated rings. The monoisotopic (exact) mass is 215 g/mol. The average molecular weight is 215 g/mol. The van der Waals surface area contributed by atoms with Gasteiger partial charge in [0.1, 0.15) is 0 Å². The van der Waals surface area contributed by atoms with Crippen molar-refractivity contribution in [3.05, 3.63) is 0 Å². The van der Waals surface area contributed by atoms with Crippen molar-refractivity contribution >= 4 is 66.1 Å². The predicted octanol–water partition coefficient (Wildman–Crippen LogP) is -3.56. The quantitative estimate of drug-likeness (QED) is 0.367. The molecule has 0 aliphatic rings. The second-order valence-corrected chi connectivity index (χ2v) is 0. The SMILES string of the molecule is [AlH3].[CaH2].[Fe].[Mn].[SiH4]. The van der Waals surface area contributed by atoms with Crippen LogP contribution in [0.2, 0.25) is 0 Å². The Bertz CT molecular complexity index is 11.6. The van der Waals surface area contributed by atoms with Crippen molar-refractivity contribution in [3.8, 4) is 0 Å². The van der Waals surface area contributed by atoms with Crippen molar-refractivity contribution in [2.24, 2.45) is 0 Å². The molecule has 0 nitrogen and oxygen atoms in total. The summed E-state index contributed by atoms with van der Waals surface area (Å²) in [5.74, 6) is 0. The van der Waals surface area contributed by atoms with Gasteiger partial charge < -0.3 is 0 Å². The van der Waals surface area contributed by atoms with Gasteiger partial charge in [-0.2, -0.15) is 0 Å². The first kappa shape index (κ1) is 43.0. The predicted molar refractivity (Wildman–Crippen MR) is 29.8 cm³/mol. The van der Waals surface area contributed by atoms with Gasteiger partial charge in [-0.3, -0.25) is 0 Å². The van der Waals surface area contributed by atoms with E-state index in [9.17, 15) is 0 Å². The summed E-state index contributed by atoms with van der Waals surface area (Å²) in [6.45, 7) is 0. The third-order valence-corrected chi connectivity index (χ3v) is 0. The third kappa shape index (κ3) is 19.3. The van der Waals surface area contributed by atoms with Gasteiger partial charge in [0, 0.05) is 34.1 Å². The van der Waals surface area contributed by atoms with Crippen molar-refractivity contribution in [2.75, 3.05) is 0 Å². The first-order valence-electron chi connectivity index (χ1n) is 0. The molecule has 5 heavy (non-hydrogen) atoms. The Morgan fingerprint density at radius 2 is 1.00 bits per heavy atom. The summed E-state index contributed by atoms with van der Waals surface area (Å²) >= 11 is 0. The van der Waals surface area contributed by atoms with Gasteiger partial charge in [0.2, 0.25) is 0 Å². The van der Waals surface area contributed by atoms with Crippen LogP contribution < -0.4 is 0 Å². The van der Waals surface area contributed by atoms with E-state index in [1.54, 1.807) is 0 Å². The van der Waals surface area contributed by atoms with Gasteiger partial charge in [-0.05, 0) is 11.0 Å². The van der Waals surface area contributed by atoms with Crippen LogP contribution in [-0.4, -0.2) is 66.1 Å². The van der Waals surface area contributed by atoms with Crippen molar-refractivity contribution in [3.63, 3.8) is 0 Å². The molecule has 0 aliphatic carbocycles. The van der Waals surface area contributed by atoms with Crippen LogP contribution in [0, 0.1) is 0 Å². The summed E-state index contributed by atoms with van der Waals surface area (Å²) in [4.78, 5) is 0. The van der Waals surface area contributed by atoms with E-state index in [2.05, 4.69) is 0 Å². The maximum Gasteiger partial charge on any atom is 0 e. The van der Waals surface area contributed by atoms with Crippen LogP contribution in [0.3, 0.4) is 0 Å². The van der Waals surface area contributed by atoms with Crippen LogP contribution in [0.5, 0.6) is 0 Å². The third-order valence-electron chi connectivity index (χ3n) is 0. The summed E-state index contributed by atoms with van der Waals surface area (Å²) < 4.78 is 0. The zero-order chi connectivity index (χ0) is 0. The van der Waals surface area contributed by atoms with Gasteiger partial charge in [0.25, 0.3) is 0 Å². The first-order chi connectivity index (χ1) is 0. The minimum Gasteiger partial charge on any atom is -0.0149 e. The molecule has 0 bridgehead atoms. The molecule has 0 aromatic heterocycles. The summed E-state index contributed by atoms with van der Waals surface area (Å²) in [5, 5.41) is 0. The molecule has 0 aromatic carbocycles. The Balaban J connectivity index is 0. The Morgan fingerprint density at radius 1 is 1.00 bits per heavy atom. The molecule has 0 unspecified atom stereocenters. The smallest absolute Gasteiger partial charge is 0 e. The van der Waals surface area contributed by atoms with Crippen LogP contribution >= 0.6 is 0 Å².